The van der Waals surface area contributed by atoms with Gasteiger partial charge in [0.05, 0.1) is 37.0 Å². The van der Waals surface area contributed by atoms with E-state index < -0.39 is 74.0 Å². The number of imide groups is 1. The summed E-state index contributed by atoms with van der Waals surface area (Å²) < 4.78 is 26.4. The Bertz CT molecular complexity index is 1890. The number of aliphatic hydroxyl groups is 1. The van der Waals surface area contributed by atoms with Crippen molar-refractivity contribution >= 4 is 53.9 Å². The van der Waals surface area contributed by atoms with Gasteiger partial charge in [0.1, 0.15) is 35.6 Å². The third-order valence-corrected chi connectivity index (χ3v) is 11.9. The van der Waals surface area contributed by atoms with Crippen molar-refractivity contribution < 1.29 is 43.0 Å². The molecule has 19 nitrogen and oxygen atoms in total. The first-order valence-electron chi connectivity index (χ1n) is 16.3. The second-order valence-electron chi connectivity index (χ2n) is 13.7. The molecule has 7 unspecified atom stereocenters. The maximum absolute atomic E-state index is 13.8. The fourth-order valence-corrected chi connectivity index (χ4v) is 9.54. The Morgan fingerprint density at radius 1 is 1.10 bits per heavy atom. The number of carbonyl (C=O) groups excluding carboxylic acids is 4. The number of rotatable bonds is 10. The van der Waals surface area contributed by atoms with E-state index >= 15 is 0 Å². The summed E-state index contributed by atoms with van der Waals surface area (Å²) in [7, 11) is 2.09. The van der Waals surface area contributed by atoms with Gasteiger partial charge in [-0.2, -0.15) is 5.10 Å². The first-order chi connectivity index (χ1) is 23.7. The Morgan fingerprint density at radius 3 is 2.52 bits per heavy atom. The second kappa shape index (κ2) is 12.5. The summed E-state index contributed by atoms with van der Waals surface area (Å²) >= 11 is 0. The van der Waals surface area contributed by atoms with Crippen LogP contribution in [0.15, 0.2) is 29.0 Å². The van der Waals surface area contributed by atoms with Gasteiger partial charge in [0.2, 0.25) is 11.8 Å². The van der Waals surface area contributed by atoms with Crippen molar-refractivity contribution in [2.24, 2.45) is 34.7 Å². The molecule has 0 spiro atoms. The standard InChI is InChI=1S/C30H39N10O9P/c1-37(2)29(44)22-18-13-8-14(19(18)23(36-35-22)30(45)38(3)4)21-20(13)27(42)39(28(21)43)6-5-7-50(46,47)49-15-9-17(48-16(15)10-41)40-12-34-24-25(31)32-11-33-26(24)40/h11-18,20-21,36,41H,5-10H2,1-4H3,(H,46,47)(H2,31,32,33)/t13?,14?,15?,16-,17-,18?,20?,21?/m1/s1. The molecular formula is C30H39N10O9P. The monoisotopic (exact) mass is 714 g/mol. The van der Waals surface area contributed by atoms with Crippen molar-refractivity contribution in [3.8, 4) is 0 Å². The van der Waals surface area contributed by atoms with Crippen molar-refractivity contribution in [3.05, 3.63) is 23.9 Å². The molecule has 2 aromatic rings. The molecular weight excluding hydrogens is 675 g/mol. The number of likely N-dealkylation sites (tertiary alicyclic amines) is 1. The predicted octanol–water partition coefficient (Wildman–Crippen LogP) is -1.09. The van der Waals surface area contributed by atoms with Crippen LogP contribution in [0.25, 0.3) is 11.2 Å². The summed E-state index contributed by atoms with van der Waals surface area (Å²) in [6.45, 7) is -0.593. The number of imidazole rings is 1. The van der Waals surface area contributed by atoms with Gasteiger partial charge in [0, 0.05) is 47.1 Å². The quantitative estimate of drug-likeness (QED) is 0.169. The fourth-order valence-electron chi connectivity index (χ4n) is 8.25. The molecule has 7 rings (SSSR count). The van der Waals surface area contributed by atoms with Gasteiger partial charge in [-0.1, -0.05) is 0 Å². The largest absolute Gasteiger partial charge is 0.394 e. The summed E-state index contributed by atoms with van der Waals surface area (Å²) in [5.74, 6) is -4.20. The molecule has 3 aliphatic heterocycles. The molecule has 2 saturated carbocycles. The van der Waals surface area contributed by atoms with Crippen LogP contribution in [0.5, 0.6) is 0 Å². The highest BCUT2D eigenvalue weighted by Gasteiger charge is 2.68. The van der Waals surface area contributed by atoms with E-state index in [1.807, 2.05) is 0 Å². The minimum atomic E-state index is -4.29. The van der Waals surface area contributed by atoms with Gasteiger partial charge in [-0.15, -0.1) is 0 Å². The van der Waals surface area contributed by atoms with Gasteiger partial charge in [0.25, 0.3) is 11.8 Å². The molecule has 2 bridgehead atoms. The molecule has 5 N–H and O–H groups in total. The number of allylic oxidation sites excluding steroid dienone is 1. The van der Waals surface area contributed by atoms with E-state index in [1.54, 1.807) is 32.8 Å². The average Bonchev–Trinajstić information content (AvgIpc) is 3.89. The third-order valence-electron chi connectivity index (χ3n) is 10.4. The summed E-state index contributed by atoms with van der Waals surface area (Å²) in [5, 5.41) is 14.2. The molecule has 5 aliphatic rings. The van der Waals surface area contributed by atoms with E-state index in [1.165, 1.54) is 22.5 Å². The summed E-state index contributed by atoms with van der Waals surface area (Å²) in [4.78, 5) is 81.0. The first-order valence-corrected chi connectivity index (χ1v) is 18.1. The van der Waals surface area contributed by atoms with E-state index in [-0.39, 0.29) is 54.6 Å². The van der Waals surface area contributed by atoms with Gasteiger partial charge in [0.15, 0.2) is 11.5 Å². The molecule has 20 heteroatoms. The zero-order chi connectivity index (χ0) is 35.8. The Labute approximate surface area is 286 Å². The second-order valence-corrected chi connectivity index (χ2v) is 15.6. The molecule has 4 amide bonds. The number of hydrogen-bond acceptors (Lipinski definition) is 14. The summed E-state index contributed by atoms with van der Waals surface area (Å²) in [5.41, 5.74) is 10.5. The zero-order valence-corrected chi connectivity index (χ0v) is 28.8. The minimum absolute atomic E-state index is 0.0208. The van der Waals surface area contributed by atoms with E-state index in [9.17, 15) is 33.7 Å². The van der Waals surface area contributed by atoms with Gasteiger partial charge < -0.3 is 34.8 Å². The van der Waals surface area contributed by atoms with Gasteiger partial charge in [-0.05, 0) is 30.3 Å². The number of anilines is 1. The molecule has 4 fully saturated rings. The normalized spacial score (nSPS) is 31.1. The maximum Gasteiger partial charge on any atom is 0.328 e. The van der Waals surface area contributed by atoms with E-state index in [0.717, 1.165) is 4.90 Å². The van der Waals surface area contributed by atoms with Crippen LogP contribution in [0.2, 0.25) is 0 Å². The first kappa shape index (κ1) is 34.2. The van der Waals surface area contributed by atoms with E-state index in [4.69, 9.17) is 15.0 Å². The lowest BCUT2D eigenvalue weighted by molar-refractivity contribution is -0.141. The lowest BCUT2D eigenvalue weighted by Crippen LogP contribution is -2.47. The van der Waals surface area contributed by atoms with Crippen molar-refractivity contribution in [2.75, 3.05) is 53.2 Å². The van der Waals surface area contributed by atoms with Gasteiger partial charge >= 0.3 is 7.60 Å². The van der Waals surface area contributed by atoms with Crippen LogP contribution < -0.4 is 11.2 Å². The number of likely N-dealkylation sites (N-methyl/N-ethyl adjacent to an activating group) is 1. The number of nitrogens with zero attached hydrogens (tertiary/aromatic N) is 8. The van der Waals surface area contributed by atoms with Crippen molar-refractivity contribution in [1.82, 2.24) is 39.6 Å². The number of amides is 4. The number of hydrazone groups is 1. The van der Waals surface area contributed by atoms with Crippen molar-refractivity contribution in [3.63, 3.8) is 0 Å². The number of nitrogen functional groups attached to an aromatic ring is 1. The number of carbonyl (C=O) groups is 4. The molecule has 2 aliphatic carbocycles. The van der Waals surface area contributed by atoms with Crippen LogP contribution in [-0.2, 0) is 33.0 Å². The van der Waals surface area contributed by atoms with Crippen LogP contribution in [-0.4, -0.2) is 133 Å². The molecule has 50 heavy (non-hydrogen) atoms. The Morgan fingerprint density at radius 2 is 1.82 bits per heavy atom. The summed E-state index contributed by atoms with van der Waals surface area (Å²) in [6, 6.07) is 0. The molecule has 2 saturated heterocycles. The van der Waals surface area contributed by atoms with Crippen molar-refractivity contribution in [2.45, 2.75) is 37.7 Å². The lowest BCUT2D eigenvalue weighted by atomic mass is 9.69. The SMILES string of the molecule is CN(C)C(=O)C1=NNC(C(=O)N(C)C)=C2C3CC(C12)C1C(=O)N(CCCP(=O)(O)OC2C[C@H](n4cnc5c(N)ncnc54)O[C@@H]2CO)C(=O)C31. The van der Waals surface area contributed by atoms with Gasteiger partial charge in [-0.3, -0.25) is 38.6 Å². The number of aromatic nitrogens is 4. The number of nitrogens with one attached hydrogen (secondary N) is 1. The van der Waals surface area contributed by atoms with Crippen LogP contribution in [0.1, 0.15) is 25.5 Å². The van der Waals surface area contributed by atoms with Crippen LogP contribution in [0.4, 0.5) is 5.82 Å². The van der Waals surface area contributed by atoms with E-state index in [2.05, 4.69) is 25.5 Å². The number of fused-ring (bicyclic) bond motifs is 9. The number of ether oxygens (including phenoxy) is 1. The molecule has 0 radical (unpaired) electrons. The lowest BCUT2D eigenvalue weighted by Gasteiger charge is -2.36. The smallest absolute Gasteiger partial charge is 0.328 e. The van der Waals surface area contributed by atoms with Gasteiger partial charge in [-0.25, -0.2) is 15.0 Å². The van der Waals surface area contributed by atoms with Crippen LogP contribution in [0.3, 0.4) is 0 Å². The maximum atomic E-state index is 13.8. The highest BCUT2D eigenvalue weighted by molar-refractivity contribution is 7.52. The topological polar surface area (TPSA) is 248 Å². The average molecular weight is 715 g/mol. The molecule has 5 heterocycles. The van der Waals surface area contributed by atoms with Crippen LogP contribution in [0, 0.1) is 29.6 Å². The molecule has 2 aromatic heterocycles. The van der Waals surface area contributed by atoms with E-state index in [0.29, 0.717) is 23.2 Å². The predicted molar refractivity (Wildman–Crippen MR) is 173 cm³/mol. The fraction of sp³-hybridized carbons (Fsp3) is 0.600. The third kappa shape index (κ3) is 5.38. The molecule has 268 valence electrons. The minimum Gasteiger partial charge on any atom is -0.394 e. The number of nitrogens with two attached hydrogens (primary N) is 1. The Kier molecular flexibility index (Phi) is 8.53. The number of hydrogen-bond donors (Lipinski definition) is 4. The van der Waals surface area contributed by atoms with Crippen molar-refractivity contribution in [1.29, 1.82) is 0 Å². The highest BCUT2D eigenvalue weighted by atomic mass is 31.2. The van der Waals surface area contributed by atoms with Crippen LogP contribution >= 0.6 is 7.60 Å². The highest BCUT2D eigenvalue weighted by Crippen LogP contribution is 2.62. The summed E-state index contributed by atoms with van der Waals surface area (Å²) in [6.07, 6.45) is 0.323. The Hall–Kier alpha value is -4.29. The zero-order valence-electron chi connectivity index (χ0n) is 27.9. The Balaban J connectivity index is 1.03. The molecule has 0 aromatic carbocycles. The number of aliphatic hydroxyl groups excluding tert-OH is 1. The molecule has 9 atom stereocenters.